The molecule has 0 saturated carbocycles. The minimum atomic E-state index is -0.421. The van der Waals surface area contributed by atoms with Gasteiger partial charge in [0.15, 0.2) is 0 Å². The van der Waals surface area contributed by atoms with Gasteiger partial charge in [0.1, 0.15) is 0 Å². The number of rotatable bonds is 2. The van der Waals surface area contributed by atoms with Crippen molar-refractivity contribution in [1.82, 2.24) is 0 Å². The van der Waals surface area contributed by atoms with Crippen LogP contribution in [0.3, 0.4) is 0 Å². The molecule has 1 fully saturated rings. The Balaban J connectivity index is 2.16. The summed E-state index contributed by atoms with van der Waals surface area (Å²) in [5, 5.41) is 0. The molecule has 1 aromatic carbocycles. The van der Waals surface area contributed by atoms with E-state index in [1.807, 2.05) is 30.5 Å². The van der Waals surface area contributed by atoms with Crippen molar-refractivity contribution < 1.29 is 14.3 Å². The van der Waals surface area contributed by atoms with Crippen LogP contribution in [0.2, 0.25) is 0 Å². The smallest absolute Gasteiger partial charge is 0.314 e. The van der Waals surface area contributed by atoms with Gasteiger partial charge in [0.05, 0.1) is 12.8 Å². The van der Waals surface area contributed by atoms with E-state index in [-0.39, 0.29) is 5.92 Å². The van der Waals surface area contributed by atoms with Gasteiger partial charge in [0.25, 0.3) is 0 Å². The predicted octanol–water partition coefficient (Wildman–Crippen LogP) is 2.36. The molecule has 0 radical (unpaired) electrons. The van der Waals surface area contributed by atoms with Gasteiger partial charge < -0.3 is 4.74 Å². The van der Waals surface area contributed by atoms with Crippen LogP contribution in [0.15, 0.2) is 29.2 Å². The van der Waals surface area contributed by atoms with E-state index in [1.165, 1.54) is 4.90 Å². The number of esters is 2. The molecule has 0 aliphatic carbocycles. The highest BCUT2D eigenvalue weighted by Crippen LogP contribution is 2.29. The molecule has 0 aromatic heterocycles. The molecule has 2 rings (SSSR count). The van der Waals surface area contributed by atoms with Gasteiger partial charge in [-0.1, -0.05) is 12.1 Å². The number of benzene rings is 1. The third kappa shape index (κ3) is 2.44. The molecule has 1 aliphatic rings. The van der Waals surface area contributed by atoms with Crippen LogP contribution in [-0.4, -0.2) is 18.2 Å². The molecular weight excluding hydrogens is 224 g/mol. The highest BCUT2D eigenvalue weighted by molar-refractivity contribution is 7.98. The van der Waals surface area contributed by atoms with Gasteiger partial charge in [-0.15, -0.1) is 11.8 Å². The number of carbonyl (C=O) groups excluding carboxylic acids is 2. The standard InChI is InChI=1S/C12H12O3S/c1-16-10-4-2-8(3-5-10)9-6-11(13)15-12(14)7-9/h2-5,9H,6-7H2,1H3. The molecule has 1 saturated heterocycles. The van der Waals surface area contributed by atoms with E-state index in [4.69, 9.17) is 0 Å². The zero-order valence-corrected chi connectivity index (χ0v) is 9.75. The molecule has 0 N–H and O–H groups in total. The molecule has 4 heteroatoms. The molecule has 0 atom stereocenters. The summed E-state index contributed by atoms with van der Waals surface area (Å²) in [5.74, 6) is -0.866. The third-order valence-corrected chi connectivity index (χ3v) is 3.38. The number of hydrogen-bond acceptors (Lipinski definition) is 4. The Kier molecular flexibility index (Phi) is 3.29. The zero-order valence-electron chi connectivity index (χ0n) is 8.93. The van der Waals surface area contributed by atoms with Crippen molar-refractivity contribution >= 4 is 23.7 Å². The maximum atomic E-state index is 11.1. The molecule has 3 nitrogen and oxygen atoms in total. The summed E-state index contributed by atoms with van der Waals surface area (Å²) < 4.78 is 4.50. The van der Waals surface area contributed by atoms with Crippen molar-refractivity contribution in [2.24, 2.45) is 0 Å². The van der Waals surface area contributed by atoms with Crippen LogP contribution in [0.25, 0.3) is 0 Å². The van der Waals surface area contributed by atoms with E-state index in [2.05, 4.69) is 4.74 Å². The van der Waals surface area contributed by atoms with Crippen molar-refractivity contribution in [2.75, 3.05) is 6.26 Å². The number of hydrogen-bond donors (Lipinski definition) is 0. The second-order valence-corrected chi connectivity index (χ2v) is 4.60. The molecule has 16 heavy (non-hydrogen) atoms. The minimum absolute atomic E-state index is 0.0235. The Morgan fingerprint density at radius 2 is 1.69 bits per heavy atom. The van der Waals surface area contributed by atoms with Crippen LogP contribution < -0.4 is 0 Å². The van der Waals surface area contributed by atoms with Gasteiger partial charge in [0.2, 0.25) is 0 Å². The largest absolute Gasteiger partial charge is 0.393 e. The molecule has 0 unspecified atom stereocenters. The van der Waals surface area contributed by atoms with E-state index in [0.717, 1.165) is 5.56 Å². The fraction of sp³-hybridized carbons (Fsp3) is 0.333. The van der Waals surface area contributed by atoms with Crippen molar-refractivity contribution in [1.29, 1.82) is 0 Å². The van der Waals surface area contributed by atoms with Gasteiger partial charge in [-0.3, -0.25) is 9.59 Å². The van der Waals surface area contributed by atoms with E-state index in [0.29, 0.717) is 12.8 Å². The van der Waals surface area contributed by atoms with E-state index in [9.17, 15) is 9.59 Å². The SMILES string of the molecule is CSc1ccc(C2CC(=O)OC(=O)C2)cc1. The Morgan fingerprint density at radius 3 is 2.19 bits per heavy atom. The van der Waals surface area contributed by atoms with Crippen LogP contribution >= 0.6 is 11.8 Å². The van der Waals surface area contributed by atoms with E-state index >= 15 is 0 Å². The van der Waals surface area contributed by atoms with Crippen LogP contribution in [0.4, 0.5) is 0 Å². The normalized spacial score (nSPS) is 17.3. The first kappa shape index (κ1) is 11.2. The van der Waals surface area contributed by atoms with Crippen LogP contribution in [0.1, 0.15) is 24.3 Å². The molecule has 0 amide bonds. The Bertz CT molecular complexity index is 395. The Labute approximate surface area is 98.2 Å². The minimum Gasteiger partial charge on any atom is -0.393 e. The highest BCUT2D eigenvalue weighted by atomic mass is 32.2. The summed E-state index contributed by atoms with van der Waals surface area (Å²) in [6.45, 7) is 0. The number of carbonyl (C=O) groups is 2. The first-order chi connectivity index (χ1) is 7.69. The van der Waals surface area contributed by atoms with E-state index < -0.39 is 11.9 Å². The average Bonchev–Trinajstić information content (AvgIpc) is 2.28. The van der Waals surface area contributed by atoms with Crippen molar-refractivity contribution in [3.8, 4) is 0 Å². The average molecular weight is 236 g/mol. The predicted molar refractivity (Wildman–Crippen MR) is 61.3 cm³/mol. The van der Waals surface area contributed by atoms with Gasteiger partial charge >= 0.3 is 11.9 Å². The van der Waals surface area contributed by atoms with Crippen molar-refractivity contribution in [2.45, 2.75) is 23.7 Å². The Morgan fingerprint density at radius 1 is 1.12 bits per heavy atom. The fourth-order valence-corrected chi connectivity index (χ4v) is 2.20. The topological polar surface area (TPSA) is 43.4 Å². The van der Waals surface area contributed by atoms with E-state index in [1.54, 1.807) is 11.8 Å². The first-order valence-electron chi connectivity index (χ1n) is 5.06. The fourth-order valence-electron chi connectivity index (χ4n) is 1.80. The zero-order chi connectivity index (χ0) is 11.5. The maximum absolute atomic E-state index is 11.1. The lowest BCUT2D eigenvalue weighted by atomic mass is 9.91. The molecule has 1 aliphatic heterocycles. The summed E-state index contributed by atoms with van der Waals surface area (Å²) >= 11 is 1.67. The summed E-state index contributed by atoms with van der Waals surface area (Å²) in [5.41, 5.74) is 1.03. The quantitative estimate of drug-likeness (QED) is 0.449. The number of thioether (sulfide) groups is 1. The summed E-state index contributed by atoms with van der Waals surface area (Å²) in [4.78, 5) is 23.4. The third-order valence-electron chi connectivity index (χ3n) is 2.64. The maximum Gasteiger partial charge on any atom is 0.314 e. The first-order valence-corrected chi connectivity index (χ1v) is 6.29. The summed E-state index contributed by atoms with van der Waals surface area (Å²) in [7, 11) is 0. The van der Waals surface area contributed by atoms with Gasteiger partial charge in [-0.2, -0.15) is 0 Å². The lowest BCUT2D eigenvalue weighted by molar-refractivity contribution is -0.163. The van der Waals surface area contributed by atoms with Crippen LogP contribution in [0, 0.1) is 0 Å². The van der Waals surface area contributed by atoms with Gasteiger partial charge in [-0.05, 0) is 24.0 Å². The lowest BCUT2D eigenvalue weighted by Crippen LogP contribution is -2.24. The lowest BCUT2D eigenvalue weighted by Gasteiger charge is -2.20. The van der Waals surface area contributed by atoms with Crippen molar-refractivity contribution in [3.63, 3.8) is 0 Å². The van der Waals surface area contributed by atoms with Gasteiger partial charge in [0, 0.05) is 10.8 Å². The second kappa shape index (κ2) is 4.70. The second-order valence-electron chi connectivity index (χ2n) is 3.72. The monoisotopic (exact) mass is 236 g/mol. The molecule has 0 bridgehead atoms. The number of ether oxygens (including phenoxy) is 1. The molecule has 1 aromatic rings. The van der Waals surface area contributed by atoms with Crippen LogP contribution in [0.5, 0.6) is 0 Å². The summed E-state index contributed by atoms with van der Waals surface area (Å²) in [6, 6.07) is 7.96. The number of cyclic esters (lactones) is 2. The molecule has 84 valence electrons. The Hall–Kier alpha value is -1.29. The highest BCUT2D eigenvalue weighted by Gasteiger charge is 2.27. The van der Waals surface area contributed by atoms with Gasteiger partial charge in [-0.25, -0.2) is 0 Å². The molecular formula is C12H12O3S. The molecule has 0 spiro atoms. The molecule has 1 heterocycles. The van der Waals surface area contributed by atoms with Crippen molar-refractivity contribution in [3.05, 3.63) is 29.8 Å². The summed E-state index contributed by atoms with van der Waals surface area (Å²) in [6.07, 6.45) is 2.60. The van der Waals surface area contributed by atoms with Crippen LogP contribution in [-0.2, 0) is 14.3 Å².